The minimum atomic E-state index is -4.28. The van der Waals surface area contributed by atoms with E-state index >= 15 is 0 Å². The largest absolute Gasteiger partial charge is 0.472 e. The van der Waals surface area contributed by atoms with Crippen molar-refractivity contribution in [2.45, 2.75) is 44.3 Å². The third-order valence-corrected chi connectivity index (χ3v) is 4.71. The molecule has 0 aromatic carbocycles. The van der Waals surface area contributed by atoms with Crippen LogP contribution in [0.1, 0.15) is 26.0 Å². The van der Waals surface area contributed by atoms with Crippen molar-refractivity contribution in [3.63, 3.8) is 0 Å². The first-order chi connectivity index (χ1) is 11.3. The number of phosphoric acid groups is 1. The van der Waals surface area contributed by atoms with E-state index in [9.17, 15) is 19.0 Å². The Morgan fingerprint density at radius 3 is 2.62 bits per heavy atom. The number of aromatic amines is 1. The Balaban J connectivity index is 2.38. The average molecular weight is 364 g/mol. The van der Waals surface area contributed by atoms with E-state index in [2.05, 4.69) is 9.51 Å². The van der Waals surface area contributed by atoms with Gasteiger partial charge in [-0.1, -0.05) is 13.3 Å². The van der Waals surface area contributed by atoms with Crippen LogP contribution in [0.5, 0.6) is 0 Å². The number of aromatic nitrogens is 2. The quantitative estimate of drug-likeness (QED) is 0.665. The zero-order chi connectivity index (χ0) is 17.9. The van der Waals surface area contributed by atoms with E-state index in [0.717, 1.165) is 18.1 Å². The maximum Gasteiger partial charge on any atom is 0.472 e. The highest BCUT2D eigenvalue weighted by molar-refractivity contribution is 7.47. The Bertz CT molecular complexity index is 716. The van der Waals surface area contributed by atoms with Crippen LogP contribution in [0.3, 0.4) is 0 Å². The summed E-state index contributed by atoms with van der Waals surface area (Å²) in [4.78, 5) is 35.0. The van der Waals surface area contributed by atoms with Crippen LogP contribution < -0.4 is 11.2 Å². The second kappa shape index (κ2) is 7.73. The summed E-state index contributed by atoms with van der Waals surface area (Å²) in [7, 11) is -1.85. The third-order valence-electron chi connectivity index (χ3n) is 3.74. The van der Waals surface area contributed by atoms with Gasteiger partial charge in [0.15, 0.2) is 6.23 Å². The fraction of sp³-hybridized carbons (Fsp3) is 0.692. The smallest absolute Gasteiger partial charge is 0.374 e. The maximum atomic E-state index is 12.0. The van der Waals surface area contributed by atoms with Crippen molar-refractivity contribution < 1.29 is 28.0 Å². The predicted octanol–water partition coefficient (Wildman–Crippen LogP) is 0.381. The zero-order valence-electron chi connectivity index (χ0n) is 13.6. The maximum absolute atomic E-state index is 12.0. The minimum Gasteiger partial charge on any atom is -0.374 e. The number of hydrogen-bond acceptors (Lipinski definition) is 7. The second-order valence-corrected chi connectivity index (χ2v) is 6.81. The normalized spacial score (nSPS) is 29.5. The van der Waals surface area contributed by atoms with Gasteiger partial charge in [0.2, 0.25) is 0 Å². The highest BCUT2D eigenvalue weighted by Gasteiger charge is 2.49. The molecule has 2 rings (SSSR count). The van der Waals surface area contributed by atoms with Gasteiger partial charge in [-0.15, -0.1) is 0 Å². The Morgan fingerprint density at radius 2 is 2.08 bits per heavy atom. The number of ether oxygens (including phenoxy) is 2. The predicted molar refractivity (Wildman–Crippen MR) is 82.6 cm³/mol. The highest BCUT2D eigenvalue weighted by Crippen LogP contribution is 2.48. The summed E-state index contributed by atoms with van der Waals surface area (Å²) in [6.45, 7) is 1.91. The van der Waals surface area contributed by atoms with Gasteiger partial charge in [0.25, 0.3) is 5.56 Å². The second-order valence-electron chi connectivity index (χ2n) is 5.29. The molecule has 5 atom stereocenters. The van der Waals surface area contributed by atoms with Gasteiger partial charge >= 0.3 is 13.5 Å². The fourth-order valence-electron chi connectivity index (χ4n) is 2.65. The van der Waals surface area contributed by atoms with Crippen molar-refractivity contribution in [2.75, 3.05) is 14.2 Å². The number of nitrogens with one attached hydrogen (secondary N) is 1. The SMILES string of the molecule is CCC[C@H]1O[C@@H](n2ccc(=O)[nH]c2=O)[C@@H](OC)C1OP(=O)(O)OC. The van der Waals surface area contributed by atoms with Gasteiger partial charge in [0.05, 0.1) is 6.10 Å². The summed E-state index contributed by atoms with van der Waals surface area (Å²) >= 11 is 0. The van der Waals surface area contributed by atoms with E-state index in [1.54, 1.807) is 0 Å². The van der Waals surface area contributed by atoms with Crippen LogP contribution in [0.4, 0.5) is 0 Å². The van der Waals surface area contributed by atoms with Crippen LogP contribution in [0, 0.1) is 0 Å². The number of nitrogens with zero attached hydrogens (tertiary/aromatic N) is 1. The van der Waals surface area contributed by atoms with Crippen molar-refractivity contribution in [3.05, 3.63) is 33.1 Å². The molecule has 0 amide bonds. The number of methoxy groups -OCH3 is 1. The van der Waals surface area contributed by atoms with Crippen molar-refractivity contribution in [1.29, 1.82) is 0 Å². The Kier molecular flexibility index (Phi) is 6.13. The summed E-state index contributed by atoms with van der Waals surface area (Å²) in [6.07, 6.45) is -0.759. The molecular formula is C13H21N2O8P. The van der Waals surface area contributed by atoms with E-state index in [1.165, 1.54) is 19.4 Å². The van der Waals surface area contributed by atoms with Crippen molar-refractivity contribution in [2.24, 2.45) is 0 Å². The molecule has 1 fully saturated rings. The van der Waals surface area contributed by atoms with E-state index in [4.69, 9.17) is 14.0 Å². The van der Waals surface area contributed by atoms with Crippen molar-refractivity contribution in [1.82, 2.24) is 9.55 Å². The molecule has 11 heteroatoms. The van der Waals surface area contributed by atoms with Gasteiger partial charge in [-0.05, 0) is 6.42 Å². The lowest BCUT2D eigenvalue weighted by Gasteiger charge is -2.24. The van der Waals surface area contributed by atoms with Crippen LogP contribution >= 0.6 is 7.82 Å². The molecule has 0 bridgehead atoms. The highest BCUT2D eigenvalue weighted by atomic mass is 31.2. The summed E-state index contributed by atoms with van der Waals surface area (Å²) in [5, 5.41) is 0. The molecule has 136 valence electrons. The fourth-order valence-corrected chi connectivity index (χ4v) is 3.30. The summed E-state index contributed by atoms with van der Waals surface area (Å²) in [5.74, 6) is 0. The van der Waals surface area contributed by atoms with E-state index in [1.807, 2.05) is 6.92 Å². The van der Waals surface area contributed by atoms with Gasteiger partial charge in [0, 0.05) is 26.5 Å². The third kappa shape index (κ3) is 4.02. The van der Waals surface area contributed by atoms with Gasteiger partial charge in [-0.25, -0.2) is 9.36 Å². The lowest BCUT2D eigenvalue weighted by Crippen LogP contribution is -2.39. The van der Waals surface area contributed by atoms with Crippen LogP contribution in [0.25, 0.3) is 0 Å². The number of hydrogen-bond donors (Lipinski definition) is 2. The summed E-state index contributed by atoms with van der Waals surface area (Å²) in [5.41, 5.74) is -1.22. The van der Waals surface area contributed by atoms with Crippen molar-refractivity contribution in [3.8, 4) is 0 Å². The molecule has 2 heterocycles. The molecule has 1 aromatic heterocycles. The molecule has 2 unspecified atom stereocenters. The number of phosphoric ester groups is 1. The molecule has 1 saturated heterocycles. The summed E-state index contributed by atoms with van der Waals surface area (Å²) in [6, 6.07) is 1.17. The van der Waals surface area contributed by atoms with Gasteiger partial charge in [0.1, 0.15) is 12.2 Å². The molecule has 10 nitrogen and oxygen atoms in total. The first kappa shape index (κ1) is 19.0. The topological polar surface area (TPSA) is 129 Å². The molecule has 1 aromatic rings. The van der Waals surface area contributed by atoms with Gasteiger partial charge in [-0.2, -0.15) is 0 Å². The molecule has 0 saturated carbocycles. The first-order valence-corrected chi connectivity index (χ1v) is 8.89. The van der Waals surface area contributed by atoms with Gasteiger partial charge in [-0.3, -0.25) is 23.4 Å². The van der Waals surface area contributed by atoms with Crippen LogP contribution in [-0.2, 0) is 23.1 Å². The molecule has 1 aliphatic rings. The molecule has 2 N–H and O–H groups in total. The first-order valence-electron chi connectivity index (χ1n) is 7.39. The number of H-pyrrole nitrogens is 1. The standard InChI is InChI=1S/C13H21N2O8P/c1-4-5-8-10(23-24(18,19)21-3)11(20-2)12(22-8)15-7-6-9(16)14-13(15)17/h6-8,10-12H,4-5H2,1-3H3,(H,18,19)(H,14,16,17)/t8-,10?,11+,12-/m1/s1. The lowest BCUT2D eigenvalue weighted by atomic mass is 10.1. The molecule has 0 radical (unpaired) electrons. The average Bonchev–Trinajstić information content (AvgIpc) is 2.84. The van der Waals surface area contributed by atoms with E-state index in [0.29, 0.717) is 6.42 Å². The van der Waals surface area contributed by atoms with Crippen LogP contribution in [-0.4, -0.2) is 47.0 Å². The molecule has 1 aliphatic heterocycles. The lowest BCUT2D eigenvalue weighted by molar-refractivity contribution is -0.0549. The Morgan fingerprint density at radius 1 is 1.38 bits per heavy atom. The molecule has 0 spiro atoms. The van der Waals surface area contributed by atoms with E-state index in [-0.39, 0.29) is 0 Å². The number of rotatable bonds is 7. The minimum absolute atomic E-state index is 0.517. The Labute approximate surface area is 137 Å². The molecule has 0 aliphatic carbocycles. The molecular weight excluding hydrogens is 343 g/mol. The molecule has 24 heavy (non-hydrogen) atoms. The zero-order valence-corrected chi connectivity index (χ0v) is 14.5. The monoisotopic (exact) mass is 364 g/mol. The Hall–Kier alpha value is -1.29. The van der Waals surface area contributed by atoms with Crippen molar-refractivity contribution >= 4 is 7.82 Å². The van der Waals surface area contributed by atoms with Gasteiger partial charge < -0.3 is 14.4 Å². The summed E-state index contributed by atoms with van der Waals surface area (Å²) < 4.78 is 33.8. The van der Waals surface area contributed by atoms with E-state index < -0.39 is 43.6 Å². The van der Waals surface area contributed by atoms with Crippen LogP contribution in [0.2, 0.25) is 0 Å². The van der Waals surface area contributed by atoms with Crippen LogP contribution in [0.15, 0.2) is 21.9 Å².